The lowest BCUT2D eigenvalue weighted by Gasteiger charge is -2.28. The van der Waals surface area contributed by atoms with Gasteiger partial charge >= 0.3 is 0 Å². The van der Waals surface area contributed by atoms with Crippen LogP contribution in [-0.2, 0) is 134 Å². The molecule has 133 heavy (non-hydrogen) atoms. The van der Waals surface area contributed by atoms with E-state index in [1.165, 1.54) is 62.5 Å². The molecule has 0 aliphatic heterocycles. The van der Waals surface area contributed by atoms with Crippen LogP contribution < -0.4 is 107 Å². The number of imidazole rings is 6. The lowest BCUT2D eigenvalue weighted by Crippen LogP contribution is -2.64. The number of H-pyrrole nitrogens is 6. The number of aromatic amines is 6. The van der Waals surface area contributed by atoms with E-state index in [1.54, 1.807) is 0 Å². The van der Waals surface area contributed by atoms with Gasteiger partial charge in [-0.3, -0.25) is 95.9 Å². The molecule has 0 bridgehead atoms. The number of thiol groups is 1. The summed E-state index contributed by atoms with van der Waals surface area (Å²) in [4.78, 5) is 314. The number of primary amides is 1. The molecule has 0 saturated carbocycles. The van der Waals surface area contributed by atoms with Crippen LogP contribution in [0.3, 0.4) is 0 Å². The van der Waals surface area contributed by atoms with Crippen LogP contribution in [0.5, 0.6) is 0 Å². The zero-order chi connectivity index (χ0) is 98.0. The van der Waals surface area contributed by atoms with Gasteiger partial charge in [0, 0.05) is 129 Å². The highest BCUT2D eigenvalue weighted by atomic mass is 32.1. The monoisotopic (exact) mass is 1890 g/mol. The number of nitrogens with one attached hydrogen (secondary N) is 25. The second-order valence-corrected chi connectivity index (χ2v) is 29.6. The summed E-state index contributed by atoms with van der Waals surface area (Å²) in [5, 5.41) is 106. The lowest BCUT2D eigenvalue weighted by atomic mass is 10.1. The number of rotatable bonds is 57. The molecule has 59 heteroatoms. The summed E-state index contributed by atoms with van der Waals surface area (Å²) in [5.74, 6) is -23.8. The molecule has 6 aromatic heterocycles. The molecule has 0 unspecified atom stereocenters. The molecule has 0 saturated heterocycles. The van der Waals surface area contributed by atoms with E-state index in [2.05, 4.69) is 173 Å². The Morgan fingerprint density at radius 1 is 0.248 bits per heavy atom. The highest BCUT2D eigenvalue weighted by molar-refractivity contribution is 7.80. The first-order valence-electron chi connectivity index (χ1n) is 40.4. The van der Waals surface area contributed by atoms with E-state index in [0.29, 0.717) is 0 Å². The molecular formula is C74H106N32O26S. The minimum Gasteiger partial charge on any atom is -0.394 e. The summed E-state index contributed by atoms with van der Waals surface area (Å²) in [7, 11) is 0. The first-order chi connectivity index (χ1) is 63.4. The standard InChI is InChI=1S/C74H106N32O26S/c1-33(113)91-43(5-37-11-76-27-85-37)63(121)100-52(20-107)60(118)82-17-49(97-72(130)55(23-110)103-65(123)45(93-35(3)115)7-39-13-78-29-87-39)69(127)95-47(9-41-15-80-31-89-41)67(125)102-54(22-109)62(120)84-19-51(71(129)106-58(26-133)59(75)117)99-74(132)57(25-112)105-68(126)48(10-42-16-81-32-90-42)96-70(128)50(98-73(131)56(24-111)104-66(124)46(94-36(4)116)8-40-14-79-30-88-40)18-83-61(119)53(21-108)101-64(122)44(92-34(2)114)6-38-12-77-28-86-38/h11-16,27-32,43-58,107-112,133H,5-10,17-26H2,1-4H3,(H2,75,117)(H,76,85)(H,77,86)(H,78,87)(H,79,88)(H,80,89)(H,81,90)(H,82,118)(H,83,119)(H,84,120)(H,91,113)(H,92,114)(H,93,115)(H,94,116)(H,95,127)(H,96,128)(H,97,130)(H,98,131)(H,99,132)(H,100,121)(H,101,122)(H,102,125)(H,103,123)(H,104,124)(H,105,126)(H,106,129)/t43-,44-,45-,46-,47-,48-,49-,50-,51-,52-,53-,54-,55-,56-,57-,58-/m0/s1. The number of hydrogen-bond acceptors (Lipinski definition) is 33. The Balaban J connectivity index is 1.25. The van der Waals surface area contributed by atoms with Crippen LogP contribution in [0.2, 0.25) is 0 Å². The predicted molar refractivity (Wildman–Crippen MR) is 452 cm³/mol. The fraction of sp³-hybridized carbons (Fsp3) is 0.486. The molecule has 0 aromatic carbocycles. The number of nitrogens with two attached hydrogens (primary N) is 1. The predicted octanol–water partition coefficient (Wildman–Crippen LogP) is -17.7. The Bertz CT molecular complexity index is 4890. The SMILES string of the molecule is CC(=O)N[C@@H](Cc1c[nH]cn1)C(=O)N[C@@H](CO)C(=O)NC[C@H](NC(=O)[C@H](CO)NC(=O)[C@H](Cc1c[nH]cn1)NC(C)=O)C(=O)N[C@@H](Cc1c[nH]cn1)C(=O)N[C@@H](CO)C(=O)NC[C@H](NC(=O)[C@H](CO)NC(=O)[C@H](Cc1c[nH]cn1)NC(=O)[C@H](CNC(=O)[C@H](CO)NC(=O)[C@H](Cc1c[nH]cn1)NC(C)=O)NC(=O)[C@H](CO)NC(=O)[C@H](Cc1c[nH]cn1)NC(C)=O)C(=O)N[C@@H](CS)C(N)=O. The van der Waals surface area contributed by atoms with E-state index < -0.39 is 293 Å². The number of carbonyl (C=O) groups excluding carboxylic acids is 20. The molecule has 58 nitrogen and oxygen atoms in total. The van der Waals surface area contributed by atoms with Crippen LogP contribution in [0, 0.1) is 0 Å². The zero-order valence-corrected chi connectivity index (χ0v) is 72.4. The average molecular weight is 1890 g/mol. The van der Waals surface area contributed by atoms with Gasteiger partial charge in [0.15, 0.2) is 0 Å². The van der Waals surface area contributed by atoms with Crippen LogP contribution >= 0.6 is 12.6 Å². The minimum absolute atomic E-state index is 0.00411. The number of hydrogen-bond donors (Lipinski definition) is 33. The fourth-order valence-electron chi connectivity index (χ4n) is 12.2. The summed E-state index contributed by atoms with van der Waals surface area (Å²) < 4.78 is 0. The van der Waals surface area contributed by atoms with Crippen molar-refractivity contribution in [3.63, 3.8) is 0 Å². The molecule has 0 aliphatic rings. The van der Waals surface area contributed by atoms with Gasteiger partial charge in [0.05, 0.1) is 112 Å². The van der Waals surface area contributed by atoms with Gasteiger partial charge in [-0.25, -0.2) is 29.9 Å². The first-order valence-corrected chi connectivity index (χ1v) is 41.0. The van der Waals surface area contributed by atoms with E-state index in [9.17, 15) is 127 Å². The van der Waals surface area contributed by atoms with Crippen molar-refractivity contribution in [1.82, 2.24) is 161 Å². The third-order valence-electron chi connectivity index (χ3n) is 18.9. The molecular weight excluding hydrogens is 1790 g/mol. The Kier molecular flexibility index (Phi) is 43.5. The van der Waals surface area contributed by atoms with Gasteiger partial charge < -0.3 is 167 Å². The van der Waals surface area contributed by atoms with Crippen molar-refractivity contribution in [2.45, 2.75) is 163 Å². The second kappa shape index (κ2) is 54.3. The zero-order valence-electron chi connectivity index (χ0n) is 71.5. The van der Waals surface area contributed by atoms with Crippen molar-refractivity contribution >= 4 is 131 Å². The number of aliphatic hydroxyl groups is 6. The Labute approximate surface area is 758 Å². The van der Waals surface area contributed by atoms with Gasteiger partial charge in [0.25, 0.3) is 0 Å². The van der Waals surface area contributed by atoms with Crippen LogP contribution in [0.4, 0.5) is 0 Å². The van der Waals surface area contributed by atoms with Gasteiger partial charge in [-0.1, -0.05) is 0 Å². The normalized spacial score (nSPS) is 14.6. The summed E-state index contributed by atoms with van der Waals surface area (Å²) in [5.41, 5.74) is 6.54. The summed E-state index contributed by atoms with van der Waals surface area (Å²) in [6, 6.07) is -29.7. The van der Waals surface area contributed by atoms with E-state index >= 15 is 0 Å². The average Bonchev–Trinajstić information content (AvgIpc) is 1.69. The van der Waals surface area contributed by atoms with Crippen molar-refractivity contribution in [2.75, 3.05) is 65.0 Å². The maximum absolute atomic E-state index is 14.8. The van der Waals surface area contributed by atoms with E-state index in [-0.39, 0.29) is 59.8 Å². The third kappa shape index (κ3) is 35.6. The van der Waals surface area contributed by atoms with Gasteiger partial charge in [0.1, 0.15) is 96.7 Å². The van der Waals surface area contributed by atoms with Crippen LogP contribution in [0.1, 0.15) is 61.9 Å². The van der Waals surface area contributed by atoms with E-state index in [0.717, 1.165) is 40.3 Å². The quantitative estimate of drug-likeness (QED) is 0.0158. The van der Waals surface area contributed by atoms with E-state index in [4.69, 9.17) is 5.73 Å². The molecule has 6 rings (SSSR count). The molecule has 6 heterocycles. The fourth-order valence-corrected chi connectivity index (χ4v) is 12.4. The van der Waals surface area contributed by atoms with Crippen molar-refractivity contribution in [1.29, 1.82) is 0 Å². The molecule has 6 aromatic rings. The smallest absolute Gasteiger partial charge is 0.245 e. The lowest BCUT2D eigenvalue weighted by molar-refractivity contribution is -0.136. The van der Waals surface area contributed by atoms with Crippen LogP contribution in [-0.4, -0.2) is 370 Å². The van der Waals surface area contributed by atoms with Gasteiger partial charge in [0.2, 0.25) is 118 Å². The largest absolute Gasteiger partial charge is 0.394 e. The summed E-state index contributed by atoms with van der Waals surface area (Å²) >= 11 is 4.03. The summed E-state index contributed by atoms with van der Waals surface area (Å²) in [6.07, 6.45) is 13.2. The van der Waals surface area contributed by atoms with Crippen LogP contribution in [0.25, 0.3) is 0 Å². The number of amides is 20. The van der Waals surface area contributed by atoms with Crippen molar-refractivity contribution < 1.29 is 127 Å². The molecule has 16 atom stereocenters. The molecule has 20 amide bonds. The molecule has 724 valence electrons. The topological polar surface area (TPSA) is 889 Å². The molecule has 0 fully saturated rings. The highest BCUT2D eigenvalue weighted by Crippen LogP contribution is 2.10. The summed E-state index contributed by atoms with van der Waals surface area (Å²) in [6.45, 7) is -6.28. The number of aliphatic hydroxyl groups excluding tert-OH is 6. The second-order valence-electron chi connectivity index (χ2n) is 29.3. The maximum Gasteiger partial charge on any atom is 0.245 e. The molecule has 0 aliphatic carbocycles. The van der Waals surface area contributed by atoms with Gasteiger partial charge in [-0.15, -0.1) is 0 Å². The number of nitrogens with zero attached hydrogens (tertiary/aromatic N) is 6. The first kappa shape index (κ1) is 107. The number of aromatic nitrogens is 12. The number of carbonyl (C=O) groups is 20. The third-order valence-corrected chi connectivity index (χ3v) is 19.3. The van der Waals surface area contributed by atoms with Crippen molar-refractivity contribution in [3.8, 4) is 0 Å². The minimum atomic E-state index is -2.21. The van der Waals surface area contributed by atoms with Gasteiger partial charge in [-0.05, 0) is 0 Å². The Morgan fingerprint density at radius 2 is 0.398 bits per heavy atom. The molecule has 0 spiro atoms. The van der Waals surface area contributed by atoms with E-state index in [1.807, 2.05) is 0 Å². The Hall–Kier alpha value is -15.2. The maximum atomic E-state index is 14.8. The van der Waals surface area contributed by atoms with Crippen molar-refractivity contribution in [3.05, 3.63) is 109 Å². The molecule has 33 N–H and O–H groups in total. The Morgan fingerprint density at radius 3 is 0.556 bits per heavy atom. The van der Waals surface area contributed by atoms with Crippen molar-refractivity contribution in [2.24, 2.45) is 5.73 Å². The van der Waals surface area contributed by atoms with Gasteiger partial charge in [-0.2, -0.15) is 12.6 Å². The highest BCUT2D eigenvalue weighted by Gasteiger charge is 2.40. The molecule has 0 radical (unpaired) electrons. The van der Waals surface area contributed by atoms with Crippen LogP contribution in [0.15, 0.2) is 75.1 Å².